The molecule has 0 bridgehead atoms. The van der Waals surface area contributed by atoms with Crippen LogP contribution in [0.25, 0.3) is 0 Å². The second-order valence-electron chi connectivity index (χ2n) is 7.32. The molecule has 0 saturated heterocycles. The van der Waals surface area contributed by atoms with E-state index in [9.17, 15) is 9.59 Å². The number of allylic oxidation sites excluding steroid dienone is 3. The summed E-state index contributed by atoms with van der Waals surface area (Å²) < 4.78 is 27.1. The fourth-order valence-electron chi connectivity index (χ4n) is 4.21. The highest BCUT2D eigenvalue weighted by atomic mass is 16.6. The minimum Gasteiger partial charge on any atom is -0.493 e. The standard InChI is InChI=1S/C23H29NO7/c1-13-18(23(26)31-12-11-27-2)19(20-15(24-13)7-6-8-16(20)25)14-9-10-17(28-3)22(30-5)21(14)29-4/h9-10,19,24H,6-8,11-12H2,1-5H3/t19-/m0/s1. The van der Waals surface area contributed by atoms with E-state index in [1.807, 2.05) is 6.92 Å². The Hall–Kier alpha value is -3.00. The van der Waals surface area contributed by atoms with Gasteiger partial charge in [0, 0.05) is 36.1 Å². The van der Waals surface area contributed by atoms with Gasteiger partial charge in [-0.3, -0.25) is 4.79 Å². The summed E-state index contributed by atoms with van der Waals surface area (Å²) in [5, 5.41) is 3.27. The molecular formula is C23H29NO7. The number of Topliss-reactive ketones (excluding diaryl/α,β-unsaturated/α-hetero) is 1. The van der Waals surface area contributed by atoms with E-state index in [4.69, 9.17) is 23.7 Å². The summed E-state index contributed by atoms with van der Waals surface area (Å²) in [6.45, 7) is 2.21. The number of carbonyl (C=O) groups is 2. The highest BCUT2D eigenvalue weighted by Crippen LogP contribution is 2.49. The molecule has 1 aromatic rings. The molecule has 2 aliphatic rings. The first-order chi connectivity index (χ1) is 15.0. The number of rotatable bonds is 8. The van der Waals surface area contributed by atoms with Gasteiger partial charge < -0.3 is 29.0 Å². The first-order valence-corrected chi connectivity index (χ1v) is 10.2. The molecule has 0 unspecified atom stereocenters. The monoisotopic (exact) mass is 431 g/mol. The zero-order valence-corrected chi connectivity index (χ0v) is 18.6. The largest absolute Gasteiger partial charge is 0.493 e. The first-order valence-electron chi connectivity index (χ1n) is 10.2. The Balaban J connectivity index is 2.20. The number of dihydropyridines is 1. The molecule has 168 valence electrons. The molecule has 1 heterocycles. The van der Waals surface area contributed by atoms with Crippen molar-refractivity contribution in [1.82, 2.24) is 5.32 Å². The van der Waals surface area contributed by atoms with Gasteiger partial charge in [-0.15, -0.1) is 0 Å². The summed E-state index contributed by atoms with van der Waals surface area (Å²) in [6, 6.07) is 3.55. The molecule has 1 atom stereocenters. The summed E-state index contributed by atoms with van der Waals surface area (Å²) in [7, 11) is 6.11. The predicted molar refractivity (Wildman–Crippen MR) is 113 cm³/mol. The molecule has 1 aliphatic heterocycles. The van der Waals surface area contributed by atoms with Gasteiger partial charge in [0.1, 0.15) is 6.61 Å². The van der Waals surface area contributed by atoms with E-state index in [2.05, 4.69) is 5.32 Å². The second kappa shape index (κ2) is 9.87. The van der Waals surface area contributed by atoms with E-state index in [0.29, 0.717) is 46.1 Å². The fraction of sp³-hybridized carbons (Fsp3) is 0.478. The average Bonchev–Trinajstić information content (AvgIpc) is 2.77. The number of ketones is 1. The van der Waals surface area contributed by atoms with Gasteiger partial charge in [-0.1, -0.05) is 6.07 Å². The highest BCUT2D eigenvalue weighted by molar-refractivity contribution is 6.04. The predicted octanol–water partition coefficient (Wildman–Crippen LogP) is 2.87. The van der Waals surface area contributed by atoms with Crippen LogP contribution in [0.4, 0.5) is 0 Å². The number of carbonyl (C=O) groups excluding carboxylic acids is 2. The molecule has 31 heavy (non-hydrogen) atoms. The van der Waals surface area contributed by atoms with Crippen LogP contribution in [-0.4, -0.2) is 53.4 Å². The van der Waals surface area contributed by atoms with Gasteiger partial charge in [-0.05, 0) is 25.8 Å². The molecule has 3 rings (SSSR count). The molecule has 8 nitrogen and oxygen atoms in total. The SMILES string of the molecule is COCCOC(=O)C1=C(C)NC2=C(C(=O)CCC2)[C@H]1c1ccc(OC)c(OC)c1OC. The Kier molecular flexibility index (Phi) is 7.22. The maximum Gasteiger partial charge on any atom is 0.336 e. The van der Waals surface area contributed by atoms with Gasteiger partial charge >= 0.3 is 5.97 Å². The third-order valence-electron chi connectivity index (χ3n) is 5.56. The number of methoxy groups -OCH3 is 4. The van der Waals surface area contributed by atoms with Gasteiger partial charge in [0.05, 0.1) is 39.4 Å². The number of nitrogens with one attached hydrogen (secondary N) is 1. The number of hydrogen-bond donors (Lipinski definition) is 1. The number of hydrogen-bond acceptors (Lipinski definition) is 8. The van der Waals surface area contributed by atoms with Crippen LogP contribution in [0.1, 0.15) is 37.7 Å². The minimum absolute atomic E-state index is 0.00489. The van der Waals surface area contributed by atoms with Crippen molar-refractivity contribution in [3.8, 4) is 17.2 Å². The van der Waals surface area contributed by atoms with E-state index < -0.39 is 11.9 Å². The Morgan fingerprint density at radius 2 is 1.77 bits per heavy atom. The molecule has 1 aliphatic carbocycles. The summed E-state index contributed by atoms with van der Waals surface area (Å²) in [5.74, 6) is 0.157. The van der Waals surface area contributed by atoms with Crippen molar-refractivity contribution in [1.29, 1.82) is 0 Å². The Morgan fingerprint density at radius 3 is 2.42 bits per heavy atom. The van der Waals surface area contributed by atoms with Gasteiger partial charge in [0.25, 0.3) is 0 Å². The van der Waals surface area contributed by atoms with Gasteiger partial charge in [-0.25, -0.2) is 4.79 Å². The smallest absolute Gasteiger partial charge is 0.336 e. The average molecular weight is 431 g/mol. The molecular weight excluding hydrogens is 402 g/mol. The number of benzene rings is 1. The third kappa shape index (κ3) is 4.25. The summed E-state index contributed by atoms with van der Waals surface area (Å²) >= 11 is 0. The van der Waals surface area contributed by atoms with Crippen LogP contribution in [0, 0.1) is 0 Å². The van der Waals surface area contributed by atoms with Crippen molar-refractivity contribution in [2.24, 2.45) is 0 Å². The van der Waals surface area contributed by atoms with Crippen molar-refractivity contribution in [2.45, 2.75) is 32.1 Å². The number of ether oxygens (including phenoxy) is 5. The van der Waals surface area contributed by atoms with Crippen LogP contribution in [0.5, 0.6) is 17.2 Å². The van der Waals surface area contributed by atoms with E-state index in [1.54, 1.807) is 12.1 Å². The van der Waals surface area contributed by atoms with Crippen molar-refractivity contribution >= 4 is 11.8 Å². The van der Waals surface area contributed by atoms with Gasteiger partial charge in [0.2, 0.25) is 5.75 Å². The maximum absolute atomic E-state index is 13.1. The van der Waals surface area contributed by atoms with Crippen LogP contribution in [-0.2, 0) is 19.1 Å². The van der Waals surface area contributed by atoms with Gasteiger partial charge in [-0.2, -0.15) is 0 Å². The van der Waals surface area contributed by atoms with E-state index in [1.165, 1.54) is 28.4 Å². The lowest BCUT2D eigenvalue weighted by atomic mass is 9.75. The van der Waals surface area contributed by atoms with Crippen molar-refractivity contribution in [2.75, 3.05) is 41.7 Å². The molecule has 1 N–H and O–H groups in total. The van der Waals surface area contributed by atoms with Crippen LogP contribution in [0.15, 0.2) is 34.7 Å². The lowest BCUT2D eigenvalue weighted by Gasteiger charge is -2.35. The maximum atomic E-state index is 13.1. The molecule has 0 spiro atoms. The van der Waals surface area contributed by atoms with Crippen LogP contribution in [0.2, 0.25) is 0 Å². The van der Waals surface area contributed by atoms with E-state index in [-0.39, 0.29) is 19.0 Å². The van der Waals surface area contributed by atoms with Crippen LogP contribution in [0.3, 0.4) is 0 Å². The first kappa shape index (κ1) is 22.7. The zero-order chi connectivity index (χ0) is 22.5. The fourth-order valence-corrected chi connectivity index (χ4v) is 4.21. The van der Waals surface area contributed by atoms with E-state index in [0.717, 1.165) is 18.5 Å². The highest BCUT2D eigenvalue weighted by Gasteiger charge is 2.41. The quantitative estimate of drug-likeness (QED) is 0.496. The Labute approximate surface area is 182 Å². The van der Waals surface area contributed by atoms with Crippen molar-refractivity contribution in [3.63, 3.8) is 0 Å². The summed E-state index contributed by atoms with van der Waals surface area (Å²) in [6.07, 6.45) is 1.93. The molecule has 1 aromatic carbocycles. The Bertz CT molecular complexity index is 932. The molecule has 0 amide bonds. The van der Waals surface area contributed by atoms with Crippen LogP contribution >= 0.6 is 0 Å². The summed E-state index contributed by atoms with van der Waals surface area (Å²) in [4.78, 5) is 26.2. The topological polar surface area (TPSA) is 92.3 Å². The van der Waals surface area contributed by atoms with Gasteiger partial charge in [0.15, 0.2) is 17.3 Å². The second-order valence-corrected chi connectivity index (χ2v) is 7.32. The number of esters is 1. The van der Waals surface area contributed by atoms with Crippen LogP contribution < -0.4 is 19.5 Å². The molecule has 8 heteroatoms. The molecule has 0 fully saturated rings. The van der Waals surface area contributed by atoms with E-state index >= 15 is 0 Å². The van der Waals surface area contributed by atoms with Crippen molar-refractivity contribution in [3.05, 3.63) is 40.2 Å². The zero-order valence-electron chi connectivity index (χ0n) is 18.6. The summed E-state index contributed by atoms with van der Waals surface area (Å²) in [5.41, 5.74) is 3.07. The normalized spacial score (nSPS) is 18.4. The lowest BCUT2D eigenvalue weighted by molar-refractivity contribution is -0.140. The Morgan fingerprint density at radius 1 is 1.03 bits per heavy atom. The third-order valence-corrected chi connectivity index (χ3v) is 5.56. The molecule has 0 saturated carbocycles. The van der Waals surface area contributed by atoms with Crippen molar-refractivity contribution < 1.29 is 33.3 Å². The minimum atomic E-state index is -0.645. The molecule has 0 aromatic heterocycles. The molecule has 0 radical (unpaired) electrons. The lowest BCUT2D eigenvalue weighted by Crippen LogP contribution is -2.34.